The van der Waals surface area contributed by atoms with Gasteiger partial charge in [-0.25, -0.2) is 0 Å². The van der Waals surface area contributed by atoms with E-state index in [1.807, 2.05) is 17.4 Å². The predicted octanol–water partition coefficient (Wildman–Crippen LogP) is 13.9. The summed E-state index contributed by atoms with van der Waals surface area (Å²) in [5.41, 5.74) is 14.5. The highest BCUT2D eigenvalue weighted by Gasteiger charge is 2.27. The molecule has 11 rings (SSSR count). The van der Waals surface area contributed by atoms with E-state index in [2.05, 4.69) is 192 Å². The van der Waals surface area contributed by atoms with E-state index in [1.54, 1.807) is 0 Å². The number of aromatic nitrogens is 4. The monoisotopic (exact) mass is 732 g/mol. The zero-order chi connectivity index (χ0) is 37.0. The summed E-state index contributed by atoms with van der Waals surface area (Å²) in [6, 6.07) is 66.9. The van der Waals surface area contributed by atoms with Gasteiger partial charge in [-0.3, -0.25) is 0 Å². The number of aromatic amines is 1. The van der Waals surface area contributed by atoms with Gasteiger partial charge in [0.05, 0.1) is 5.52 Å². The Bertz CT molecular complexity index is 3250. The Morgan fingerprint density at radius 2 is 0.911 bits per heavy atom. The molecule has 0 aliphatic carbocycles. The lowest BCUT2D eigenvalue weighted by molar-refractivity contribution is 0.879. The Kier molecular flexibility index (Phi) is 7.64. The van der Waals surface area contributed by atoms with Crippen molar-refractivity contribution in [3.05, 3.63) is 188 Å². The smallest absolute Gasteiger partial charge is 0.105 e. The summed E-state index contributed by atoms with van der Waals surface area (Å²) in [6.45, 7) is 0. The molecule has 262 valence electrons. The number of benzene rings is 8. The molecular formula is C51H32N4S. The Balaban J connectivity index is 1.32. The lowest BCUT2D eigenvalue weighted by Gasteiger charge is -2.22. The van der Waals surface area contributed by atoms with E-state index in [0.717, 1.165) is 78.1 Å². The summed E-state index contributed by atoms with van der Waals surface area (Å²) in [5.74, 6) is 0. The third kappa shape index (κ3) is 5.17. The SMILES string of the molecule is c1ccc(-c2ccccc2-c2cccc(-c3cccc4c3[nH]c3ccccc34)c2-c2c(-c3ccccc3)nnnc2-c2cccc3sc4ccccc4c23)cc1. The molecule has 0 bridgehead atoms. The minimum absolute atomic E-state index is 0.779. The van der Waals surface area contributed by atoms with Crippen LogP contribution in [0.5, 0.6) is 0 Å². The van der Waals surface area contributed by atoms with Crippen molar-refractivity contribution in [2.24, 2.45) is 0 Å². The van der Waals surface area contributed by atoms with E-state index in [1.165, 1.54) is 30.9 Å². The molecule has 0 saturated carbocycles. The Hall–Kier alpha value is -7.21. The number of nitrogens with one attached hydrogen (secondary N) is 1. The molecular weight excluding hydrogens is 701 g/mol. The molecule has 8 aromatic carbocycles. The van der Waals surface area contributed by atoms with E-state index in [9.17, 15) is 0 Å². The van der Waals surface area contributed by atoms with Crippen LogP contribution in [-0.4, -0.2) is 20.4 Å². The van der Waals surface area contributed by atoms with Gasteiger partial charge in [-0.1, -0.05) is 170 Å². The molecule has 1 N–H and O–H groups in total. The molecule has 0 amide bonds. The topological polar surface area (TPSA) is 54.5 Å². The highest BCUT2D eigenvalue weighted by molar-refractivity contribution is 7.25. The molecule has 5 heteroatoms. The fourth-order valence-corrected chi connectivity index (χ4v) is 9.61. The van der Waals surface area contributed by atoms with Crippen LogP contribution in [0.25, 0.3) is 109 Å². The fourth-order valence-electron chi connectivity index (χ4n) is 8.47. The maximum atomic E-state index is 5.03. The van der Waals surface area contributed by atoms with Crippen molar-refractivity contribution in [1.82, 2.24) is 20.4 Å². The third-order valence-corrected chi connectivity index (χ3v) is 12.1. The van der Waals surface area contributed by atoms with Crippen LogP contribution in [0, 0.1) is 0 Å². The Labute approximate surface area is 327 Å². The van der Waals surface area contributed by atoms with Gasteiger partial charge in [-0.2, -0.15) is 0 Å². The second-order valence-electron chi connectivity index (χ2n) is 14.0. The molecule has 0 atom stereocenters. The lowest BCUT2D eigenvalue weighted by Crippen LogP contribution is -2.03. The van der Waals surface area contributed by atoms with Gasteiger partial charge in [0.2, 0.25) is 0 Å². The van der Waals surface area contributed by atoms with Gasteiger partial charge >= 0.3 is 0 Å². The molecule has 0 aliphatic rings. The first-order valence-electron chi connectivity index (χ1n) is 18.8. The summed E-state index contributed by atoms with van der Waals surface area (Å²) < 4.78 is 2.45. The maximum absolute atomic E-state index is 5.03. The maximum Gasteiger partial charge on any atom is 0.105 e. The number of thiophene rings is 1. The van der Waals surface area contributed by atoms with Crippen LogP contribution < -0.4 is 0 Å². The Morgan fingerprint density at radius 3 is 1.75 bits per heavy atom. The highest BCUT2D eigenvalue weighted by atomic mass is 32.1. The van der Waals surface area contributed by atoms with Crippen LogP contribution in [0.1, 0.15) is 0 Å². The number of rotatable bonds is 6. The first-order valence-corrected chi connectivity index (χ1v) is 19.6. The molecule has 0 aliphatic heterocycles. The van der Waals surface area contributed by atoms with Crippen molar-refractivity contribution in [2.45, 2.75) is 0 Å². The number of para-hydroxylation sites is 2. The second-order valence-corrected chi connectivity index (χ2v) is 15.1. The normalized spacial score (nSPS) is 11.6. The van der Waals surface area contributed by atoms with Gasteiger partial charge in [0.1, 0.15) is 11.4 Å². The molecule has 3 heterocycles. The van der Waals surface area contributed by atoms with Crippen LogP contribution in [0.4, 0.5) is 0 Å². The van der Waals surface area contributed by atoms with Crippen LogP contribution >= 0.6 is 11.3 Å². The van der Waals surface area contributed by atoms with E-state index < -0.39 is 0 Å². The minimum Gasteiger partial charge on any atom is -0.354 e. The molecule has 4 nitrogen and oxygen atoms in total. The number of nitrogens with zero attached hydrogens (tertiary/aromatic N) is 3. The van der Waals surface area contributed by atoms with Crippen LogP contribution in [0.3, 0.4) is 0 Å². The van der Waals surface area contributed by atoms with Crippen molar-refractivity contribution in [3.63, 3.8) is 0 Å². The number of H-pyrrole nitrogens is 1. The van der Waals surface area contributed by atoms with Gasteiger partial charge in [0, 0.05) is 64.3 Å². The number of hydrogen-bond donors (Lipinski definition) is 1. The zero-order valence-electron chi connectivity index (χ0n) is 30.1. The Morgan fingerprint density at radius 1 is 0.357 bits per heavy atom. The van der Waals surface area contributed by atoms with E-state index in [-0.39, 0.29) is 0 Å². The first kappa shape index (κ1) is 32.2. The molecule has 0 fully saturated rings. The van der Waals surface area contributed by atoms with Crippen molar-refractivity contribution >= 4 is 53.3 Å². The van der Waals surface area contributed by atoms with Crippen molar-refractivity contribution in [1.29, 1.82) is 0 Å². The van der Waals surface area contributed by atoms with Crippen LogP contribution in [0.15, 0.2) is 188 Å². The summed E-state index contributed by atoms with van der Waals surface area (Å²) in [7, 11) is 0. The standard InChI is InChI=1S/C51H32N4S/c1-3-16-32(17-4-1)34-20-7-8-21-35(34)37-24-13-25-38(40-27-14-26-39-36-22-9-11-29-43(36)52-50(39)40)47(37)48-49(33-18-5-2-6-19-33)53-55-54-51(48)42-28-15-31-45-46(42)41-23-10-12-30-44(41)56-45/h1-31,52H. The summed E-state index contributed by atoms with van der Waals surface area (Å²) in [4.78, 5) is 3.81. The first-order chi connectivity index (χ1) is 27.8. The fraction of sp³-hybridized carbons (Fsp3) is 0. The van der Waals surface area contributed by atoms with Gasteiger partial charge in [-0.15, -0.1) is 21.5 Å². The summed E-state index contributed by atoms with van der Waals surface area (Å²) in [5, 5.41) is 19.3. The van der Waals surface area contributed by atoms with Gasteiger partial charge in [0.15, 0.2) is 0 Å². The molecule has 11 aromatic rings. The second kappa shape index (κ2) is 13.3. The summed E-state index contributed by atoms with van der Waals surface area (Å²) >= 11 is 1.81. The van der Waals surface area contributed by atoms with Gasteiger partial charge < -0.3 is 4.98 Å². The molecule has 56 heavy (non-hydrogen) atoms. The molecule has 0 saturated heterocycles. The summed E-state index contributed by atoms with van der Waals surface area (Å²) in [6.07, 6.45) is 0. The van der Waals surface area contributed by atoms with E-state index in [0.29, 0.717) is 0 Å². The zero-order valence-corrected chi connectivity index (χ0v) is 31.0. The molecule has 0 radical (unpaired) electrons. The predicted molar refractivity (Wildman–Crippen MR) is 235 cm³/mol. The van der Waals surface area contributed by atoms with Crippen molar-refractivity contribution < 1.29 is 0 Å². The van der Waals surface area contributed by atoms with Crippen molar-refractivity contribution in [2.75, 3.05) is 0 Å². The molecule has 0 spiro atoms. The number of fused-ring (bicyclic) bond motifs is 6. The van der Waals surface area contributed by atoms with Gasteiger partial charge in [-0.05, 0) is 51.2 Å². The average Bonchev–Trinajstić information content (AvgIpc) is 3.85. The van der Waals surface area contributed by atoms with E-state index >= 15 is 0 Å². The average molecular weight is 733 g/mol. The van der Waals surface area contributed by atoms with E-state index in [4.69, 9.17) is 10.2 Å². The van der Waals surface area contributed by atoms with Crippen LogP contribution in [-0.2, 0) is 0 Å². The van der Waals surface area contributed by atoms with Crippen molar-refractivity contribution in [3.8, 4) is 67.0 Å². The van der Waals surface area contributed by atoms with Crippen LogP contribution in [0.2, 0.25) is 0 Å². The third-order valence-electron chi connectivity index (χ3n) is 10.9. The quantitative estimate of drug-likeness (QED) is 0.185. The largest absolute Gasteiger partial charge is 0.354 e. The minimum atomic E-state index is 0.779. The molecule has 3 aromatic heterocycles. The highest BCUT2D eigenvalue weighted by Crippen LogP contribution is 2.51. The lowest BCUT2D eigenvalue weighted by atomic mass is 9.82. The van der Waals surface area contributed by atoms with Gasteiger partial charge in [0.25, 0.3) is 0 Å². The molecule has 0 unspecified atom stereocenters. The number of hydrogen-bond acceptors (Lipinski definition) is 4.